The normalized spacial score (nSPS) is 7.43. The van der Waals surface area contributed by atoms with Gasteiger partial charge in [0.05, 0.1) is 0 Å². The van der Waals surface area contributed by atoms with Crippen molar-refractivity contribution in [2.75, 3.05) is 0 Å². The van der Waals surface area contributed by atoms with Crippen LogP contribution in [0.5, 0.6) is 0 Å². The lowest BCUT2D eigenvalue weighted by atomic mass is 11.6. The molecule has 0 amide bonds. The highest BCUT2D eigenvalue weighted by atomic mass is 32.2. The molecule has 0 aliphatic rings. The Hall–Kier alpha value is -0.490. The smallest absolute Gasteiger partial charge is 0.187 e. The zero-order chi connectivity index (χ0) is 5.86. The molecule has 0 aliphatic carbocycles. The molecule has 0 rings (SSSR count). The summed E-state index contributed by atoms with van der Waals surface area (Å²) in [4.78, 5) is 9.29. The second kappa shape index (κ2) is 2.64. The van der Waals surface area contributed by atoms with Crippen LogP contribution < -0.4 is 0 Å². The van der Waals surface area contributed by atoms with Crippen molar-refractivity contribution < 1.29 is 5.03 Å². The van der Waals surface area contributed by atoms with Crippen LogP contribution in [0, 0.1) is 10.1 Å². The first-order chi connectivity index (χ1) is 3.13. The lowest BCUT2D eigenvalue weighted by Gasteiger charge is -2.07. The Morgan fingerprint density at radius 1 is 1.71 bits per heavy atom. The Morgan fingerprint density at radius 3 is 2.14 bits per heavy atom. The van der Waals surface area contributed by atoms with E-state index in [9.17, 15) is 10.1 Å². The zero-order valence-electron chi connectivity index (χ0n) is 3.03. The van der Waals surface area contributed by atoms with Crippen LogP contribution in [0.25, 0.3) is 0 Å². The molecule has 0 bridgehead atoms. The Labute approximate surface area is 50.6 Å². The van der Waals surface area contributed by atoms with Crippen molar-refractivity contribution in [2.24, 2.45) is 5.10 Å². The van der Waals surface area contributed by atoms with Gasteiger partial charge in [0.2, 0.25) is 0 Å². The first-order valence-corrected chi connectivity index (χ1v) is 2.01. The number of hydrogen-bond donors (Lipinski definition) is 0. The van der Waals surface area contributed by atoms with Gasteiger partial charge in [-0.1, -0.05) is 0 Å². The average Bonchev–Trinajstić information content (AvgIpc) is 1.27. The summed E-state index contributed by atoms with van der Waals surface area (Å²) in [5, 5.41) is 10.9. The van der Waals surface area contributed by atoms with Gasteiger partial charge in [-0.15, -0.1) is 0 Å². The maximum Gasteiger partial charge on any atom is 0.187 e. The highest BCUT2D eigenvalue weighted by molar-refractivity contribution is 8.04. The van der Waals surface area contributed by atoms with Gasteiger partial charge in [0.25, 0.3) is 0 Å². The van der Waals surface area contributed by atoms with E-state index in [4.69, 9.17) is 0 Å². The Morgan fingerprint density at radius 2 is 2.14 bits per heavy atom. The number of rotatable bonds is 1. The third-order valence-electron chi connectivity index (χ3n) is 0.163. The van der Waals surface area contributed by atoms with Crippen LogP contribution in [0.2, 0.25) is 0 Å². The van der Waals surface area contributed by atoms with E-state index in [0.29, 0.717) is 0 Å². The van der Waals surface area contributed by atoms with Crippen LogP contribution in [-0.2, 0) is 25.3 Å². The van der Waals surface area contributed by atoms with E-state index >= 15 is 0 Å². The Bertz CT molecular complexity index is 106. The van der Waals surface area contributed by atoms with Gasteiger partial charge in [-0.05, 0) is 0 Å². The lowest BCUT2D eigenvalue weighted by molar-refractivity contribution is -0.484. The highest BCUT2D eigenvalue weighted by Gasteiger charge is 1.74. The minimum Gasteiger partial charge on any atom is -0.783 e. The molecule has 0 atom stereocenters. The standard InChI is InChI=1S/CH2N2O2S2/c4-3(5)2-1(6)7/h(H2,2,6,7)/p-2. The van der Waals surface area contributed by atoms with Crippen LogP contribution >= 0.6 is 0 Å². The number of hydrazone groups is 1. The van der Waals surface area contributed by atoms with Gasteiger partial charge in [-0.25, -0.2) is 10.1 Å². The number of nitrogens with zero attached hydrogens (tertiary/aromatic N) is 2. The van der Waals surface area contributed by atoms with Crippen molar-refractivity contribution in [2.45, 2.75) is 0 Å². The van der Waals surface area contributed by atoms with E-state index in [1.165, 1.54) is 0 Å². The van der Waals surface area contributed by atoms with Crippen LogP contribution in [0.3, 0.4) is 0 Å². The summed E-state index contributed by atoms with van der Waals surface area (Å²) in [5.74, 6) is 0. The second-order valence-electron chi connectivity index (χ2n) is 0.604. The van der Waals surface area contributed by atoms with Crippen LogP contribution in [-0.4, -0.2) is 9.41 Å². The van der Waals surface area contributed by atoms with E-state index in [1.54, 1.807) is 0 Å². The summed E-state index contributed by atoms with van der Waals surface area (Å²) >= 11 is 8.16. The molecule has 7 heavy (non-hydrogen) atoms. The third-order valence-corrected chi connectivity index (χ3v) is 0.327. The molecule has 0 fully saturated rings. The molecule has 0 N–H and O–H groups in total. The van der Waals surface area contributed by atoms with Crippen molar-refractivity contribution in [3.8, 4) is 0 Å². The minimum atomic E-state index is -0.921. The van der Waals surface area contributed by atoms with E-state index in [1.807, 2.05) is 0 Å². The van der Waals surface area contributed by atoms with E-state index < -0.39 is 5.03 Å². The predicted molar refractivity (Wildman–Crippen MR) is 29.2 cm³/mol. The molecule has 0 saturated heterocycles. The van der Waals surface area contributed by atoms with Crippen LogP contribution in [0.4, 0.5) is 0 Å². The average molecular weight is 136 g/mol. The van der Waals surface area contributed by atoms with Gasteiger partial charge >= 0.3 is 0 Å². The van der Waals surface area contributed by atoms with Gasteiger partial charge in [0.1, 0.15) is 0 Å². The molecule has 0 saturated carbocycles. The molecule has 0 aromatic rings. The zero-order valence-corrected chi connectivity index (χ0v) is 4.66. The van der Waals surface area contributed by atoms with Crippen molar-refractivity contribution in [1.82, 2.24) is 0 Å². The maximum atomic E-state index is 9.29. The second-order valence-corrected chi connectivity index (χ2v) is 1.64. The molecule has 0 unspecified atom stereocenters. The van der Waals surface area contributed by atoms with Gasteiger partial charge < -0.3 is 25.3 Å². The molecule has 0 heterocycles. The summed E-state index contributed by atoms with van der Waals surface area (Å²) in [6.07, 6.45) is 0. The topological polar surface area (TPSA) is 55.5 Å². The first kappa shape index (κ1) is 6.51. The molecule has 0 aromatic heterocycles. The monoisotopic (exact) mass is 136 g/mol. The van der Waals surface area contributed by atoms with Crippen LogP contribution in [0.1, 0.15) is 0 Å². The molecule has 6 heteroatoms. The fourth-order valence-corrected chi connectivity index (χ4v) is 0.200. The Kier molecular flexibility index (Phi) is 2.46. The third kappa shape index (κ3) is 5.51. The molecule has 40 valence electrons. The quantitative estimate of drug-likeness (QED) is 0.162. The molecule has 0 aliphatic heterocycles. The SMILES string of the molecule is O=[N+]([O-])N=C([S-])[S-]. The summed E-state index contributed by atoms with van der Waals surface area (Å²) < 4.78 is -0.370. The van der Waals surface area contributed by atoms with Crippen molar-refractivity contribution >= 4 is 29.6 Å². The van der Waals surface area contributed by atoms with Crippen molar-refractivity contribution in [1.29, 1.82) is 0 Å². The van der Waals surface area contributed by atoms with Gasteiger partial charge in [-0.3, -0.25) is 0 Å². The predicted octanol–water partition coefficient (Wildman–Crippen LogP) is -0.372. The molecule has 0 radical (unpaired) electrons. The fourth-order valence-electron chi connectivity index (χ4n) is 0.0667. The van der Waals surface area contributed by atoms with Crippen LogP contribution in [0.15, 0.2) is 5.10 Å². The van der Waals surface area contributed by atoms with E-state index in [-0.39, 0.29) is 4.38 Å². The molecule has 4 nitrogen and oxygen atoms in total. The highest BCUT2D eigenvalue weighted by Crippen LogP contribution is 1.70. The fraction of sp³-hybridized carbons (Fsp3) is 0. The largest absolute Gasteiger partial charge is 0.783 e. The maximum absolute atomic E-state index is 9.29. The summed E-state index contributed by atoms with van der Waals surface area (Å²) in [5.41, 5.74) is 0. The van der Waals surface area contributed by atoms with Gasteiger partial charge in [0.15, 0.2) is 5.03 Å². The summed E-state index contributed by atoms with van der Waals surface area (Å²) in [7, 11) is 0. The molecular weight excluding hydrogens is 136 g/mol. The number of hydrogen-bond acceptors (Lipinski definition) is 4. The Balaban J connectivity index is 3.68. The molecular formula is CN2O2S2-2. The van der Waals surface area contributed by atoms with Crippen molar-refractivity contribution in [3.05, 3.63) is 10.1 Å². The van der Waals surface area contributed by atoms with Gasteiger partial charge in [0, 0.05) is 5.10 Å². The number of nitro groups is 1. The first-order valence-electron chi connectivity index (χ1n) is 1.20. The summed E-state index contributed by atoms with van der Waals surface area (Å²) in [6, 6.07) is 0. The molecule has 0 spiro atoms. The van der Waals surface area contributed by atoms with E-state index in [2.05, 4.69) is 30.4 Å². The minimum absolute atomic E-state index is 0.370. The lowest BCUT2D eigenvalue weighted by Crippen LogP contribution is -1.91. The van der Waals surface area contributed by atoms with Crippen molar-refractivity contribution in [3.63, 3.8) is 0 Å². The van der Waals surface area contributed by atoms with Gasteiger partial charge in [-0.2, -0.15) is 4.38 Å². The summed E-state index contributed by atoms with van der Waals surface area (Å²) in [6.45, 7) is 0. The molecule has 0 aromatic carbocycles. The van der Waals surface area contributed by atoms with E-state index in [0.717, 1.165) is 0 Å².